The van der Waals surface area contributed by atoms with Crippen molar-refractivity contribution in [2.75, 3.05) is 12.3 Å². The van der Waals surface area contributed by atoms with E-state index in [4.69, 9.17) is 38.4 Å². The van der Waals surface area contributed by atoms with Crippen LogP contribution < -0.4 is 15.2 Å². The lowest BCUT2D eigenvalue weighted by Gasteiger charge is -2.07. The van der Waals surface area contributed by atoms with Gasteiger partial charge in [0.2, 0.25) is 5.95 Å². The first kappa shape index (κ1) is 13.6. The van der Waals surface area contributed by atoms with E-state index >= 15 is 0 Å². The number of rotatable bonds is 4. The first-order chi connectivity index (χ1) is 9.08. The second kappa shape index (κ2) is 5.90. The highest BCUT2D eigenvalue weighted by molar-refractivity contribution is 6.42. The normalized spacial score (nSPS) is 10.3. The average Bonchev–Trinajstić information content (AvgIpc) is 2.33. The molecule has 2 N–H and O–H groups in total. The van der Waals surface area contributed by atoms with Crippen LogP contribution >= 0.6 is 23.2 Å². The lowest BCUT2D eigenvalue weighted by Crippen LogP contribution is -2.04. The van der Waals surface area contributed by atoms with Crippen LogP contribution in [0.5, 0.6) is 17.8 Å². The largest absolute Gasteiger partial charge is 0.464 e. The highest BCUT2D eigenvalue weighted by atomic mass is 35.5. The molecule has 1 aromatic carbocycles. The van der Waals surface area contributed by atoms with Gasteiger partial charge in [-0.15, -0.1) is 4.98 Å². The van der Waals surface area contributed by atoms with E-state index in [1.165, 1.54) is 0 Å². The molecule has 0 bridgehead atoms. The van der Waals surface area contributed by atoms with Crippen LogP contribution in [0.1, 0.15) is 6.92 Å². The fraction of sp³-hybridized carbons (Fsp3) is 0.182. The zero-order valence-electron chi connectivity index (χ0n) is 9.93. The molecular formula is C11H10Cl2N4O2. The molecule has 0 aliphatic heterocycles. The summed E-state index contributed by atoms with van der Waals surface area (Å²) in [6.45, 7) is 2.22. The third-order valence-electron chi connectivity index (χ3n) is 1.99. The van der Waals surface area contributed by atoms with Gasteiger partial charge < -0.3 is 15.2 Å². The maximum absolute atomic E-state index is 5.88. The Balaban J connectivity index is 2.24. The van der Waals surface area contributed by atoms with Crippen molar-refractivity contribution in [1.82, 2.24) is 15.0 Å². The molecule has 1 heterocycles. The van der Waals surface area contributed by atoms with E-state index in [0.29, 0.717) is 22.4 Å². The van der Waals surface area contributed by atoms with E-state index in [-0.39, 0.29) is 18.0 Å². The predicted molar refractivity (Wildman–Crippen MR) is 71.9 cm³/mol. The van der Waals surface area contributed by atoms with Gasteiger partial charge in [-0.1, -0.05) is 23.2 Å². The Kier molecular flexibility index (Phi) is 4.24. The summed E-state index contributed by atoms with van der Waals surface area (Å²) in [4.78, 5) is 11.6. The van der Waals surface area contributed by atoms with Gasteiger partial charge in [0.15, 0.2) is 0 Å². The van der Waals surface area contributed by atoms with Crippen molar-refractivity contribution >= 4 is 29.2 Å². The van der Waals surface area contributed by atoms with E-state index in [9.17, 15) is 0 Å². The standard InChI is InChI=1S/C11H10Cl2N4O2/c1-2-18-10-15-9(14)16-11(17-10)19-6-3-4-7(12)8(13)5-6/h3-5H,2H2,1H3,(H2,14,15,16,17). The molecule has 0 saturated heterocycles. The lowest BCUT2D eigenvalue weighted by molar-refractivity contribution is 0.304. The number of hydrogen-bond acceptors (Lipinski definition) is 6. The van der Waals surface area contributed by atoms with Gasteiger partial charge in [-0.05, 0) is 19.1 Å². The second-order valence-corrected chi connectivity index (χ2v) is 4.18. The highest BCUT2D eigenvalue weighted by Gasteiger charge is 2.08. The Bertz CT molecular complexity index is 595. The van der Waals surface area contributed by atoms with E-state index < -0.39 is 0 Å². The van der Waals surface area contributed by atoms with Crippen LogP contribution in [0.2, 0.25) is 10.0 Å². The molecule has 0 unspecified atom stereocenters. The number of halogens is 2. The smallest absolute Gasteiger partial charge is 0.330 e. The van der Waals surface area contributed by atoms with Crippen molar-refractivity contribution in [3.05, 3.63) is 28.2 Å². The summed E-state index contributed by atoms with van der Waals surface area (Å²) < 4.78 is 10.6. The SMILES string of the molecule is CCOc1nc(N)nc(Oc2ccc(Cl)c(Cl)c2)n1. The van der Waals surface area contributed by atoms with Gasteiger partial charge in [-0.25, -0.2) is 0 Å². The second-order valence-electron chi connectivity index (χ2n) is 3.37. The Morgan fingerprint density at radius 1 is 1.11 bits per heavy atom. The van der Waals surface area contributed by atoms with E-state index in [1.807, 2.05) is 0 Å². The maximum atomic E-state index is 5.88. The minimum Gasteiger partial charge on any atom is -0.464 e. The Hall–Kier alpha value is -1.79. The fourth-order valence-corrected chi connectivity index (χ4v) is 1.53. The van der Waals surface area contributed by atoms with Gasteiger partial charge in [0.05, 0.1) is 16.7 Å². The summed E-state index contributed by atoms with van der Waals surface area (Å²) in [6.07, 6.45) is 0. The minimum absolute atomic E-state index is 0.00788. The Morgan fingerprint density at radius 2 is 1.84 bits per heavy atom. The van der Waals surface area contributed by atoms with Gasteiger partial charge >= 0.3 is 12.0 Å². The van der Waals surface area contributed by atoms with Crippen LogP contribution in [0, 0.1) is 0 Å². The number of ether oxygens (including phenoxy) is 2. The molecule has 2 rings (SSSR count). The molecule has 6 nitrogen and oxygen atoms in total. The molecule has 0 radical (unpaired) electrons. The zero-order chi connectivity index (χ0) is 13.8. The van der Waals surface area contributed by atoms with Gasteiger partial charge in [0.1, 0.15) is 5.75 Å². The Labute approximate surface area is 119 Å². The molecule has 0 aliphatic carbocycles. The van der Waals surface area contributed by atoms with Crippen LogP contribution in [-0.2, 0) is 0 Å². The van der Waals surface area contributed by atoms with E-state index in [1.54, 1.807) is 25.1 Å². The molecular weight excluding hydrogens is 291 g/mol. The van der Waals surface area contributed by atoms with Crippen LogP contribution in [0.3, 0.4) is 0 Å². The van der Waals surface area contributed by atoms with Crippen molar-refractivity contribution in [2.45, 2.75) is 6.92 Å². The summed E-state index contributed by atoms with van der Waals surface area (Å²) in [7, 11) is 0. The topological polar surface area (TPSA) is 83.2 Å². The number of hydrogen-bond donors (Lipinski definition) is 1. The molecule has 19 heavy (non-hydrogen) atoms. The summed E-state index contributed by atoms with van der Waals surface area (Å²) in [6, 6.07) is 4.91. The summed E-state index contributed by atoms with van der Waals surface area (Å²) in [5, 5.41) is 0.797. The lowest BCUT2D eigenvalue weighted by atomic mass is 10.3. The minimum atomic E-state index is 0.00788. The van der Waals surface area contributed by atoms with Crippen molar-refractivity contribution < 1.29 is 9.47 Å². The summed E-state index contributed by atoms with van der Waals surface area (Å²) in [5.74, 6) is 0.441. The number of anilines is 1. The number of aromatic nitrogens is 3. The fourth-order valence-electron chi connectivity index (χ4n) is 1.24. The van der Waals surface area contributed by atoms with Crippen LogP contribution in [0.25, 0.3) is 0 Å². The van der Waals surface area contributed by atoms with Crippen LogP contribution in [0.15, 0.2) is 18.2 Å². The number of nitrogens with zero attached hydrogens (tertiary/aromatic N) is 3. The van der Waals surface area contributed by atoms with Gasteiger partial charge in [-0.2, -0.15) is 9.97 Å². The molecule has 100 valence electrons. The van der Waals surface area contributed by atoms with E-state index in [2.05, 4.69) is 15.0 Å². The summed E-state index contributed by atoms with van der Waals surface area (Å²) >= 11 is 11.7. The van der Waals surface area contributed by atoms with Gasteiger partial charge in [0, 0.05) is 6.07 Å². The molecule has 8 heteroatoms. The quantitative estimate of drug-likeness (QED) is 0.934. The highest BCUT2D eigenvalue weighted by Crippen LogP contribution is 2.28. The predicted octanol–water partition coefficient (Wildman–Crippen LogP) is 2.95. The molecule has 0 aliphatic rings. The van der Waals surface area contributed by atoms with Crippen molar-refractivity contribution in [2.24, 2.45) is 0 Å². The summed E-state index contributed by atoms with van der Waals surface area (Å²) in [5.41, 5.74) is 5.53. The number of nitrogens with two attached hydrogens (primary N) is 1. The molecule has 0 saturated carbocycles. The zero-order valence-corrected chi connectivity index (χ0v) is 11.4. The van der Waals surface area contributed by atoms with E-state index in [0.717, 1.165) is 0 Å². The number of benzene rings is 1. The molecule has 0 spiro atoms. The average molecular weight is 301 g/mol. The molecule has 0 amide bonds. The third-order valence-corrected chi connectivity index (χ3v) is 2.72. The third kappa shape index (κ3) is 3.59. The Morgan fingerprint density at radius 3 is 2.53 bits per heavy atom. The van der Waals surface area contributed by atoms with Crippen molar-refractivity contribution in [3.8, 4) is 17.8 Å². The molecule has 1 aromatic heterocycles. The molecule has 0 fully saturated rings. The van der Waals surface area contributed by atoms with Crippen LogP contribution in [0.4, 0.5) is 5.95 Å². The molecule has 0 atom stereocenters. The van der Waals surface area contributed by atoms with Gasteiger partial charge in [0.25, 0.3) is 0 Å². The monoisotopic (exact) mass is 300 g/mol. The number of nitrogen functional groups attached to an aromatic ring is 1. The van der Waals surface area contributed by atoms with Crippen LogP contribution in [-0.4, -0.2) is 21.6 Å². The first-order valence-electron chi connectivity index (χ1n) is 5.35. The van der Waals surface area contributed by atoms with Gasteiger partial charge in [-0.3, -0.25) is 0 Å². The van der Waals surface area contributed by atoms with Crippen molar-refractivity contribution in [1.29, 1.82) is 0 Å². The van der Waals surface area contributed by atoms with Crippen molar-refractivity contribution in [3.63, 3.8) is 0 Å². The molecule has 2 aromatic rings. The first-order valence-corrected chi connectivity index (χ1v) is 6.11. The maximum Gasteiger partial charge on any atom is 0.330 e.